The van der Waals surface area contributed by atoms with Crippen molar-refractivity contribution < 1.29 is 9.53 Å². The lowest BCUT2D eigenvalue weighted by atomic mass is 9.93. The predicted octanol–water partition coefficient (Wildman–Crippen LogP) is 2.12. The fraction of sp³-hybridized carbons (Fsp3) is 0.619. The number of amides is 1. The summed E-state index contributed by atoms with van der Waals surface area (Å²) in [4.78, 5) is 18.6. The molecule has 2 heterocycles. The Balaban J connectivity index is 1.25. The topological polar surface area (TPSA) is 66.0 Å². The van der Waals surface area contributed by atoms with E-state index in [4.69, 9.17) is 4.74 Å². The van der Waals surface area contributed by atoms with Crippen molar-refractivity contribution in [1.82, 2.24) is 15.5 Å². The SMILES string of the molecule is CN=C(NCC1CCOc2ccccc21)NC1CCN(C(=O)C2CC2)CC1. The van der Waals surface area contributed by atoms with Crippen molar-refractivity contribution in [3.63, 3.8) is 0 Å². The molecule has 2 aliphatic heterocycles. The van der Waals surface area contributed by atoms with Crippen molar-refractivity contribution in [3.8, 4) is 5.75 Å². The number of likely N-dealkylation sites (tertiary alicyclic amines) is 1. The summed E-state index contributed by atoms with van der Waals surface area (Å²) in [6.07, 6.45) is 5.16. The van der Waals surface area contributed by atoms with Crippen molar-refractivity contribution in [2.45, 2.75) is 44.1 Å². The number of carbonyl (C=O) groups is 1. The zero-order valence-corrected chi connectivity index (χ0v) is 16.1. The minimum Gasteiger partial charge on any atom is -0.493 e. The Hall–Kier alpha value is -2.24. The van der Waals surface area contributed by atoms with Crippen LogP contribution >= 0.6 is 0 Å². The van der Waals surface area contributed by atoms with E-state index in [1.165, 1.54) is 5.56 Å². The molecule has 0 bridgehead atoms. The highest BCUT2D eigenvalue weighted by Gasteiger charge is 2.35. The van der Waals surface area contributed by atoms with E-state index in [0.29, 0.717) is 23.8 Å². The molecule has 1 atom stereocenters. The van der Waals surface area contributed by atoms with Gasteiger partial charge in [0.15, 0.2) is 5.96 Å². The third-order valence-corrected chi connectivity index (χ3v) is 5.90. The highest BCUT2D eigenvalue weighted by molar-refractivity contribution is 5.81. The van der Waals surface area contributed by atoms with E-state index in [2.05, 4.69) is 27.8 Å². The molecule has 146 valence electrons. The number of aliphatic imine (C=N–C) groups is 1. The van der Waals surface area contributed by atoms with Gasteiger partial charge in [-0.05, 0) is 43.7 Å². The largest absolute Gasteiger partial charge is 0.493 e. The maximum Gasteiger partial charge on any atom is 0.225 e. The molecule has 0 radical (unpaired) electrons. The molecule has 6 heteroatoms. The molecule has 1 aromatic rings. The minimum absolute atomic E-state index is 0.325. The molecule has 1 unspecified atom stereocenters. The molecule has 1 saturated heterocycles. The molecule has 2 N–H and O–H groups in total. The van der Waals surface area contributed by atoms with Gasteiger partial charge in [-0.3, -0.25) is 9.79 Å². The highest BCUT2D eigenvalue weighted by Crippen LogP contribution is 2.33. The summed E-state index contributed by atoms with van der Waals surface area (Å²) in [6.45, 7) is 3.33. The van der Waals surface area contributed by atoms with Crippen LogP contribution in [-0.4, -0.2) is 56.1 Å². The molecule has 6 nitrogen and oxygen atoms in total. The van der Waals surface area contributed by atoms with Crippen molar-refractivity contribution in [2.24, 2.45) is 10.9 Å². The van der Waals surface area contributed by atoms with Crippen LogP contribution in [0, 0.1) is 5.92 Å². The van der Waals surface area contributed by atoms with E-state index >= 15 is 0 Å². The summed E-state index contributed by atoms with van der Waals surface area (Å²) in [6, 6.07) is 8.68. The predicted molar refractivity (Wildman–Crippen MR) is 106 cm³/mol. The van der Waals surface area contributed by atoms with Crippen LogP contribution in [0.3, 0.4) is 0 Å². The maximum absolute atomic E-state index is 12.2. The molecule has 4 rings (SSSR count). The van der Waals surface area contributed by atoms with Gasteiger partial charge in [0.25, 0.3) is 0 Å². The molecule has 0 aromatic heterocycles. The summed E-state index contributed by atoms with van der Waals surface area (Å²) >= 11 is 0. The lowest BCUT2D eigenvalue weighted by molar-refractivity contribution is -0.133. The maximum atomic E-state index is 12.2. The van der Waals surface area contributed by atoms with Crippen molar-refractivity contribution >= 4 is 11.9 Å². The van der Waals surface area contributed by atoms with Crippen LogP contribution in [0.1, 0.15) is 43.6 Å². The number of nitrogens with one attached hydrogen (secondary N) is 2. The van der Waals surface area contributed by atoms with Crippen LogP contribution in [0.2, 0.25) is 0 Å². The van der Waals surface area contributed by atoms with Crippen LogP contribution in [0.5, 0.6) is 5.75 Å². The average molecular weight is 370 g/mol. The summed E-state index contributed by atoms with van der Waals surface area (Å²) in [5, 5.41) is 7.04. The minimum atomic E-state index is 0.325. The van der Waals surface area contributed by atoms with Gasteiger partial charge < -0.3 is 20.3 Å². The number of para-hydroxylation sites is 1. The van der Waals surface area contributed by atoms with Crippen LogP contribution < -0.4 is 15.4 Å². The molecule has 0 spiro atoms. The fourth-order valence-corrected chi connectivity index (χ4v) is 4.07. The first kappa shape index (κ1) is 18.1. The zero-order chi connectivity index (χ0) is 18.6. The van der Waals surface area contributed by atoms with E-state index in [1.54, 1.807) is 0 Å². The number of ether oxygens (including phenoxy) is 1. The first-order chi connectivity index (χ1) is 13.2. The number of benzene rings is 1. The second-order valence-electron chi connectivity index (χ2n) is 7.84. The van der Waals surface area contributed by atoms with Gasteiger partial charge in [-0.25, -0.2) is 0 Å². The Bertz CT molecular complexity index is 693. The Kier molecular flexibility index (Phi) is 5.50. The summed E-state index contributed by atoms with van der Waals surface area (Å²) in [5.41, 5.74) is 1.28. The summed E-state index contributed by atoms with van der Waals surface area (Å²) < 4.78 is 5.75. The van der Waals surface area contributed by atoms with Gasteiger partial charge in [-0.2, -0.15) is 0 Å². The smallest absolute Gasteiger partial charge is 0.225 e. The van der Waals surface area contributed by atoms with E-state index < -0.39 is 0 Å². The lowest BCUT2D eigenvalue weighted by Gasteiger charge is -2.33. The number of fused-ring (bicyclic) bond motifs is 1. The lowest BCUT2D eigenvalue weighted by Crippen LogP contribution is -2.50. The molecule has 3 aliphatic rings. The van der Waals surface area contributed by atoms with E-state index in [9.17, 15) is 4.79 Å². The Morgan fingerprint density at radius 3 is 2.70 bits per heavy atom. The first-order valence-corrected chi connectivity index (χ1v) is 10.2. The fourth-order valence-electron chi connectivity index (χ4n) is 4.07. The Morgan fingerprint density at radius 2 is 1.96 bits per heavy atom. The van der Waals surface area contributed by atoms with Gasteiger partial charge >= 0.3 is 0 Å². The number of rotatable bonds is 4. The summed E-state index contributed by atoms with van der Waals surface area (Å²) in [5.74, 6) is 2.99. The second kappa shape index (κ2) is 8.19. The highest BCUT2D eigenvalue weighted by atomic mass is 16.5. The monoisotopic (exact) mass is 370 g/mol. The van der Waals surface area contributed by atoms with Gasteiger partial charge in [0.2, 0.25) is 5.91 Å². The van der Waals surface area contributed by atoms with Crippen LogP contribution in [0.15, 0.2) is 29.3 Å². The summed E-state index contributed by atoms with van der Waals surface area (Å²) in [7, 11) is 1.82. The third kappa shape index (κ3) is 4.37. The molecule has 1 amide bonds. The Morgan fingerprint density at radius 1 is 1.19 bits per heavy atom. The van der Waals surface area contributed by atoms with E-state index in [1.807, 2.05) is 24.1 Å². The van der Waals surface area contributed by atoms with Crippen molar-refractivity contribution in [3.05, 3.63) is 29.8 Å². The second-order valence-corrected chi connectivity index (χ2v) is 7.84. The molecular formula is C21H30N4O2. The quantitative estimate of drug-likeness (QED) is 0.629. The number of nitrogens with zero attached hydrogens (tertiary/aromatic N) is 2. The third-order valence-electron chi connectivity index (χ3n) is 5.90. The van der Waals surface area contributed by atoms with Gasteiger partial charge in [0, 0.05) is 44.6 Å². The van der Waals surface area contributed by atoms with Gasteiger partial charge in [0.1, 0.15) is 5.75 Å². The van der Waals surface area contributed by atoms with E-state index in [-0.39, 0.29) is 0 Å². The molecule has 1 aromatic carbocycles. The number of carbonyl (C=O) groups excluding carboxylic acids is 1. The van der Waals surface area contributed by atoms with Gasteiger partial charge in [-0.15, -0.1) is 0 Å². The number of piperidine rings is 1. The normalized spacial score (nSPS) is 23.4. The van der Waals surface area contributed by atoms with Gasteiger partial charge in [0.05, 0.1) is 6.61 Å². The number of hydrogen-bond acceptors (Lipinski definition) is 3. The molecule has 1 aliphatic carbocycles. The van der Waals surface area contributed by atoms with Crippen molar-refractivity contribution in [2.75, 3.05) is 33.3 Å². The molecule has 2 fully saturated rings. The molecule has 27 heavy (non-hydrogen) atoms. The molecular weight excluding hydrogens is 340 g/mol. The first-order valence-electron chi connectivity index (χ1n) is 10.2. The molecule has 1 saturated carbocycles. The average Bonchev–Trinajstić information content (AvgIpc) is 3.56. The number of hydrogen-bond donors (Lipinski definition) is 2. The number of guanidine groups is 1. The van der Waals surface area contributed by atoms with Crippen LogP contribution in [0.4, 0.5) is 0 Å². The van der Waals surface area contributed by atoms with Crippen LogP contribution in [-0.2, 0) is 4.79 Å². The Labute approximate surface area is 161 Å². The zero-order valence-electron chi connectivity index (χ0n) is 16.1. The standard InChI is InChI=1S/C21H30N4O2/c1-22-21(23-14-16-10-13-27-19-5-3-2-4-18(16)19)24-17-8-11-25(12-9-17)20(26)15-6-7-15/h2-5,15-17H,6-14H2,1H3,(H2,22,23,24). The van der Waals surface area contributed by atoms with Gasteiger partial charge in [-0.1, -0.05) is 18.2 Å². The van der Waals surface area contributed by atoms with E-state index in [0.717, 1.165) is 70.1 Å². The van der Waals surface area contributed by atoms with Crippen LogP contribution in [0.25, 0.3) is 0 Å². The van der Waals surface area contributed by atoms with Crippen molar-refractivity contribution in [1.29, 1.82) is 0 Å².